The van der Waals surface area contributed by atoms with Crippen LogP contribution in [0, 0.1) is 5.92 Å². The molecule has 1 aliphatic heterocycles. The van der Waals surface area contributed by atoms with Gasteiger partial charge < -0.3 is 9.84 Å². The molecule has 1 aromatic heterocycles. The van der Waals surface area contributed by atoms with Crippen LogP contribution in [0.2, 0.25) is 0 Å². The standard InChI is InChI=1S/C14H23N3O3/c1-4-20-14(19)12-7-15-16(3)13(12)9-17-6-5-11(8-17)10(2)18/h7,10-11,18H,4-6,8-9H2,1-3H3. The van der Waals surface area contributed by atoms with Crippen LogP contribution in [-0.4, -0.2) is 51.6 Å². The van der Waals surface area contributed by atoms with Gasteiger partial charge in [-0.05, 0) is 32.7 Å². The summed E-state index contributed by atoms with van der Waals surface area (Å²) in [7, 11) is 1.83. The Labute approximate surface area is 119 Å². The Bertz CT molecular complexity index is 470. The molecule has 112 valence electrons. The van der Waals surface area contributed by atoms with E-state index in [0.29, 0.717) is 24.6 Å². The third-order valence-corrected chi connectivity index (χ3v) is 3.92. The molecule has 1 aliphatic rings. The Kier molecular flexibility index (Phi) is 4.77. The zero-order valence-electron chi connectivity index (χ0n) is 12.4. The van der Waals surface area contributed by atoms with Gasteiger partial charge in [0.15, 0.2) is 0 Å². The van der Waals surface area contributed by atoms with Gasteiger partial charge in [-0.15, -0.1) is 0 Å². The molecule has 2 atom stereocenters. The van der Waals surface area contributed by atoms with Crippen molar-refractivity contribution in [1.82, 2.24) is 14.7 Å². The first-order valence-electron chi connectivity index (χ1n) is 7.11. The molecular formula is C14H23N3O3. The van der Waals surface area contributed by atoms with Crippen molar-refractivity contribution in [3.63, 3.8) is 0 Å². The molecule has 1 aromatic rings. The highest BCUT2D eigenvalue weighted by atomic mass is 16.5. The van der Waals surface area contributed by atoms with Crippen LogP contribution in [0.1, 0.15) is 36.3 Å². The number of esters is 1. The van der Waals surface area contributed by atoms with E-state index in [1.807, 2.05) is 14.0 Å². The van der Waals surface area contributed by atoms with E-state index in [-0.39, 0.29) is 12.1 Å². The second-order valence-electron chi connectivity index (χ2n) is 5.37. The fourth-order valence-corrected chi connectivity index (χ4v) is 2.64. The lowest BCUT2D eigenvalue weighted by atomic mass is 10.0. The number of nitrogens with zero attached hydrogens (tertiary/aromatic N) is 3. The van der Waals surface area contributed by atoms with Crippen LogP contribution in [-0.2, 0) is 18.3 Å². The van der Waals surface area contributed by atoms with Gasteiger partial charge in [0.05, 0.1) is 24.6 Å². The Morgan fingerprint density at radius 2 is 2.40 bits per heavy atom. The summed E-state index contributed by atoms with van der Waals surface area (Å²) in [4.78, 5) is 14.1. The first-order valence-corrected chi connectivity index (χ1v) is 7.11. The topological polar surface area (TPSA) is 67.6 Å². The predicted octanol–water partition coefficient (Wildman–Crippen LogP) is 0.800. The average molecular weight is 281 g/mol. The second-order valence-corrected chi connectivity index (χ2v) is 5.37. The summed E-state index contributed by atoms with van der Waals surface area (Å²) in [5, 5.41) is 13.8. The molecule has 0 aromatic carbocycles. The number of aliphatic hydroxyl groups is 1. The van der Waals surface area contributed by atoms with E-state index in [4.69, 9.17) is 4.74 Å². The van der Waals surface area contributed by atoms with Gasteiger partial charge in [-0.3, -0.25) is 9.58 Å². The van der Waals surface area contributed by atoms with Gasteiger partial charge in [0.2, 0.25) is 0 Å². The zero-order valence-corrected chi connectivity index (χ0v) is 12.4. The van der Waals surface area contributed by atoms with E-state index in [1.54, 1.807) is 17.8 Å². The number of aliphatic hydroxyl groups excluding tert-OH is 1. The molecule has 0 spiro atoms. The molecule has 20 heavy (non-hydrogen) atoms. The van der Waals surface area contributed by atoms with E-state index >= 15 is 0 Å². The molecule has 0 aliphatic carbocycles. The number of aromatic nitrogens is 2. The molecule has 0 bridgehead atoms. The van der Waals surface area contributed by atoms with Crippen LogP contribution >= 0.6 is 0 Å². The third kappa shape index (κ3) is 3.19. The summed E-state index contributed by atoms with van der Waals surface area (Å²) in [6, 6.07) is 0. The summed E-state index contributed by atoms with van der Waals surface area (Å²) >= 11 is 0. The first-order chi connectivity index (χ1) is 9.52. The van der Waals surface area contributed by atoms with Crippen molar-refractivity contribution < 1.29 is 14.6 Å². The summed E-state index contributed by atoms with van der Waals surface area (Å²) < 4.78 is 6.78. The normalized spacial score (nSPS) is 21.1. The highest BCUT2D eigenvalue weighted by Crippen LogP contribution is 2.22. The van der Waals surface area contributed by atoms with E-state index in [2.05, 4.69) is 10.00 Å². The van der Waals surface area contributed by atoms with Crippen molar-refractivity contribution in [2.75, 3.05) is 19.7 Å². The lowest BCUT2D eigenvalue weighted by Crippen LogP contribution is -2.26. The molecule has 1 fully saturated rings. The maximum Gasteiger partial charge on any atom is 0.341 e. The van der Waals surface area contributed by atoms with Crippen molar-refractivity contribution in [1.29, 1.82) is 0 Å². The Morgan fingerprint density at radius 3 is 3.00 bits per heavy atom. The van der Waals surface area contributed by atoms with Gasteiger partial charge >= 0.3 is 5.97 Å². The van der Waals surface area contributed by atoms with Crippen molar-refractivity contribution in [2.45, 2.75) is 32.9 Å². The number of carbonyl (C=O) groups excluding carboxylic acids is 1. The molecule has 2 rings (SSSR count). The van der Waals surface area contributed by atoms with Gasteiger partial charge in [0.1, 0.15) is 5.56 Å². The van der Waals surface area contributed by atoms with Crippen LogP contribution in [0.15, 0.2) is 6.20 Å². The van der Waals surface area contributed by atoms with Crippen molar-refractivity contribution >= 4 is 5.97 Å². The maximum absolute atomic E-state index is 11.9. The SMILES string of the molecule is CCOC(=O)c1cnn(C)c1CN1CCC(C(C)O)C1. The summed E-state index contributed by atoms with van der Waals surface area (Å²) in [5.41, 5.74) is 1.41. The van der Waals surface area contributed by atoms with Crippen LogP contribution in [0.25, 0.3) is 0 Å². The fourth-order valence-electron chi connectivity index (χ4n) is 2.64. The molecule has 0 amide bonds. The first kappa shape index (κ1) is 15.0. The Morgan fingerprint density at radius 1 is 1.65 bits per heavy atom. The van der Waals surface area contributed by atoms with E-state index in [9.17, 15) is 9.90 Å². The summed E-state index contributed by atoms with van der Waals surface area (Å²) in [6.07, 6.45) is 2.27. The van der Waals surface area contributed by atoms with Crippen molar-refractivity contribution in [2.24, 2.45) is 13.0 Å². The summed E-state index contributed by atoms with van der Waals surface area (Å²) in [5.74, 6) is -0.00357. The monoisotopic (exact) mass is 281 g/mol. The number of rotatable bonds is 5. The number of ether oxygens (including phenoxy) is 1. The zero-order chi connectivity index (χ0) is 14.7. The number of hydrogen-bond donors (Lipinski definition) is 1. The number of likely N-dealkylation sites (tertiary alicyclic amines) is 1. The molecular weight excluding hydrogens is 258 g/mol. The quantitative estimate of drug-likeness (QED) is 0.809. The van der Waals surface area contributed by atoms with E-state index < -0.39 is 0 Å². The molecule has 0 radical (unpaired) electrons. The fraction of sp³-hybridized carbons (Fsp3) is 0.714. The van der Waals surface area contributed by atoms with Gasteiger partial charge in [-0.1, -0.05) is 0 Å². The predicted molar refractivity (Wildman–Crippen MR) is 74.2 cm³/mol. The van der Waals surface area contributed by atoms with E-state index in [1.165, 1.54) is 0 Å². The van der Waals surface area contributed by atoms with Crippen LogP contribution in [0.3, 0.4) is 0 Å². The minimum absolute atomic E-state index is 0.281. The minimum atomic E-state index is -0.318. The highest BCUT2D eigenvalue weighted by Gasteiger charge is 2.28. The largest absolute Gasteiger partial charge is 0.462 e. The lowest BCUT2D eigenvalue weighted by molar-refractivity contribution is 0.0523. The maximum atomic E-state index is 11.9. The average Bonchev–Trinajstić information content (AvgIpc) is 2.99. The van der Waals surface area contributed by atoms with Crippen LogP contribution in [0.4, 0.5) is 0 Å². The molecule has 1 N–H and O–H groups in total. The number of hydrogen-bond acceptors (Lipinski definition) is 5. The smallest absolute Gasteiger partial charge is 0.341 e. The third-order valence-electron chi connectivity index (χ3n) is 3.92. The Hall–Kier alpha value is -1.40. The van der Waals surface area contributed by atoms with Crippen LogP contribution < -0.4 is 0 Å². The minimum Gasteiger partial charge on any atom is -0.462 e. The lowest BCUT2D eigenvalue weighted by Gasteiger charge is -2.18. The molecule has 6 heteroatoms. The highest BCUT2D eigenvalue weighted by molar-refractivity contribution is 5.90. The molecule has 2 heterocycles. The second kappa shape index (κ2) is 6.37. The summed E-state index contributed by atoms with van der Waals surface area (Å²) in [6.45, 7) is 6.44. The van der Waals surface area contributed by atoms with Gasteiger partial charge in [-0.25, -0.2) is 4.79 Å². The van der Waals surface area contributed by atoms with Gasteiger partial charge in [0, 0.05) is 20.1 Å². The molecule has 1 saturated heterocycles. The Balaban J connectivity index is 2.06. The molecule has 0 saturated carbocycles. The number of carbonyl (C=O) groups is 1. The van der Waals surface area contributed by atoms with E-state index in [0.717, 1.165) is 25.2 Å². The number of aryl methyl sites for hydroxylation is 1. The van der Waals surface area contributed by atoms with Gasteiger partial charge in [-0.2, -0.15) is 5.10 Å². The van der Waals surface area contributed by atoms with Crippen molar-refractivity contribution in [3.8, 4) is 0 Å². The van der Waals surface area contributed by atoms with Gasteiger partial charge in [0.25, 0.3) is 0 Å². The van der Waals surface area contributed by atoms with Crippen LogP contribution in [0.5, 0.6) is 0 Å². The van der Waals surface area contributed by atoms with Crippen molar-refractivity contribution in [3.05, 3.63) is 17.5 Å². The molecule has 6 nitrogen and oxygen atoms in total. The molecule has 2 unspecified atom stereocenters.